The van der Waals surface area contributed by atoms with Crippen LogP contribution in [0.4, 0.5) is 11.6 Å². The number of carboxylic acid groups (broad SMARTS) is 1. The number of carbonyl (C=O) groups is 1. The number of anilines is 2. The number of carboxylic acids is 1. The highest BCUT2D eigenvalue weighted by Crippen LogP contribution is 2.31. The summed E-state index contributed by atoms with van der Waals surface area (Å²) in [7, 11) is -3.63. The van der Waals surface area contributed by atoms with Gasteiger partial charge < -0.3 is 21.5 Å². The normalized spacial score (nSPS) is 19.7. The Balaban J connectivity index is 2.50. The highest BCUT2D eigenvalue weighted by molar-refractivity contribution is 7.91. The third kappa shape index (κ3) is 3.27. The van der Waals surface area contributed by atoms with Gasteiger partial charge in [0.15, 0.2) is 20.6 Å². The number of nitrogens with zero attached hydrogens (tertiary/aromatic N) is 3. The first kappa shape index (κ1) is 15.6. The van der Waals surface area contributed by atoms with E-state index in [9.17, 15) is 13.2 Å². The third-order valence-corrected chi connectivity index (χ3v) is 4.48. The molecular formula is C11H19N5O4S. The summed E-state index contributed by atoms with van der Waals surface area (Å²) in [6, 6.07) is -0.0722. The monoisotopic (exact) mass is 317 g/mol. The number of hydrogen-bond donors (Lipinski definition) is 3. The Hall–Kier alpha value is -1.81. The lowest BCUT2D eigenvalue weighted by Gasteiger charge is -2.31. The van der Waals surface area contributed by atoms with Crippen molar-refractivity contribution in [2.45, 2.75) is 30.3 Å². The fraction of sp³-hybridized carbons (Fsp3) is 0.636. The van der Waals surface area contributed by atoms with Crippen molar-refractivity contribution in [3.63, 3.8) is 0 Å². The van der Waals surface area contributed by atoms with Crippen molar-refractivity contribution in [1.29, 1.82) is 0 Å². The average molecular weight is 317 g/mol. The number of nitrogens with two attached hydrogens (primary N) is 2. The molecule has 0 saturated carbocycles. The molecule has 1 aromatic heterocycles. The van der Waals surface area contributed by atoms with Crippen molar-refractivity contribution in [2.24, 2.45) is 5.73 Å². The maximum Gasteiger partial charge on any atom is 0.325 e. The van der Waals surface area contributed by atoms with Crippen LogP contribution < -0.4 is 16.4 Å². The smallest absolute Gasteiger partial charge is 0.325 e. The minimum atomic E-state index is -3.63. The summed E-state index contributed by atoms with van der Waals surface area (Å²) in [6.07, 6.45) is 2.70. The molecule has 0 amide bonds. The zero-order chi connectivity index (χ0) is 15.8. The van der Waals surface area contributed by atoms with Gasteiger partial charge in [0.1, 0.15) is 12.4 Å². The zero-order valence-electron chi connectivity index (χ0n) is 11.7. The molecule has 0 radical (unpaired) electrons. The number of sulfone groups is 1. The second kappa shape index (κ2) is 5.53. The van der Waals surface area contributed by atoms with Crippen LogP contribution in [-0.2, 0) is 21.2 Å². The van der Waals surface area contributed by atoms with E-state index in [1.54, 1.807) is 4.90 Å². The van der Waals surface area contributed by atoms with Gasteiger partial charge in [0.2, 0.25) is 0 Å². The molecule has 1 unspecified atom stereocenters. The predicted molar refractivity (Wildman–Crippen MR) is 76.8 cm³/mol. The van der Waals surface area contributed by atoms with Crippen LogP contribution in [0.2, 0.25) is 0 Å². The average Bonchev–Trinajstić information content (AvgIpc) is 2.66. The molecule has 1 atom stereocenters. The molecule has 10 heteroatoms. The van der Waals surface area contributed by atoms with Gasteiger partial charge in [0, 0.05) is 25.4 Å². The Morgan fingerprint density at radius 3 is 2.71 bits per heavy atom. The molecule has 21 heavy (non-hydrogen) atoms. The fourth-order valence-corrected chi connectivity index (χ4v) is 3.45. The van der Waals surface area contributed by atoms with Gasteiger partial charge in [-0.1, -0.05) is 0 Å². The van der Waals surface area contributed by atoms with Gasteiger partial charge >= 0.3 is 5.97 Å². The van der Waals surface area contributed by atoms with E-state index < -0.39 is 22.4 Å². The van der Waals surface area contributed by atoms with Gasteiger partial charge in [-0.25, -0.2) is 13.1 Å². The second-order valence-corrected chi connectivity index (χ2v) is 7.16. The number of rotatable bonds is 4. The van der Waals surface area contributed by atoms with E-state index in [4.69, 9.17) is 16.6 Å². The fourth-order valence-electron chi connectivity index (χ4n) is 2.46. The standard InChI is InChI=1S/C11H19N5O4S/c1-21(19,20)9-10(13)16(6-8(17)18)14-11(9)15-4-2-3-7(12)5-15/h7H,2-6,12-13H2,1H3,(H,17,18). The zero-order valence-corrected chi connectivity index (χ0v) is 12.5. The summed E-state index contributed by atoms with van der Waals surface area (Å²) in [4.78, 5) is 12.4. The highest BCUT2D eigenvalue weighted by Gasteiger charge is 2.30. The summed E-state index contributed by atoms with van der Waals surface area (Å²) in [5.41, 5.74) is 11.7. The van der Waals surface area contributed by atoms with Crippen LogP contribution in [0.25, 0.3) is 0 Å². The summed E-state index contributed by atoms with van der Waals surface area (Å²) < 4.78 is 24.9. The van der Waals surface area contributed by atoms with Crippen molar-refractivity contribution >= 4 is 27.4 Å². The summed E-state index contributed by atoms with van der Waals surface area (Å²) in [5, 5.41) is 12.9. The molecule has 1 aliphatic heterocycles. The number of piperidine rings is 1. The maximum atomic E-state index is 12.0. The van der Waals surface area contributed by atoms with E-state index in [-0.39, 0.29) is 22.6 Å². The lowest BCUT2D eigenvalue weighted by atomic mass is 10.1. The first-order chi connectivity index (χ1) is 9.70. The predicted octanol–water partition coefficient (Wildman–Crippen LogP) is -1.12. The van der Waals surface area contributed by atoms with E-state index in [0.717, 1.165) is 23.8 Å². The molecule has 2 rings (SSSR count). The Bertz CT molecular complexity index is 654. The Labute approximate surface area is 122 Å². The topological polar surface area (TPSA) is 145 Å². The number of nitrogen functional groups attached to an aromatic ring is 1. The molecule has 1 aliphatic rings. The van der Waals surface area contributed by atoms with Crippen molar-refractivity contribution in [3.8, 4) is 0 Å². The van der Waals surface area contributed by atoms with Crippen molar-refractivity contribution in [2.75, 3.05) is 30.0 Å². The van der Waals surface area contributed by atoms with E-state index in [1.165, 1.54) is 0 Å². The van der Waals surface area contributed by atoms with Crippen molar-refractivity contribution in [1.82, 2.24) is 9.78 Å². The summed E-state index contributed by atoms with van der Waals surface area (Å²) >= 11 is 0. The largest absolute Gasteiger partial charge is 0.480 e. The highest BCUT2D eigenvalue weighted by atomic mass is 32.2. The summed E-state index contributed by atoms with van der Waals surface area (Å²) in [6.45, 7) is 0.583. The number of aliphatic carboxylic acids is 1. The van der Waals surface area contributed by atoms with Crippen LogP contribution in [0.1, 0.15) is 12.8 Å². The van der Waals surface area contributed by atoms with E-state index in [2.05, 4.69) is 5.10 Å². The number of aromatic nitrogens is 2. The van der Waals surface area contributed by atoms with Crippen LogP contribution in [0.15, 0.2) is 4.90 Å². The minimum Gasteiger partial charge on any atom is -0.480 e. The van der Waals surface area contributed by atoms with E-state index in [1.807, 2.05) is 0 Å². The molecule has 1 saturated heterocycles. The molecule has 0 aromatic carbocycles. The van der Waals surface area contributed by atoms with Crippen LogP contribution in [-0.4, -0.2) is 54.7 Å². The maximum absolute atomic E-state index is 12.0. The first-order valence-corrected chi connectivity index (χ1v) is 8.38. The van der Waals surface area contributed by atoms with Crippen LogP contribution in [0, 0.1) is 0 Å². The van der Waals surface area contributed by atoms with Gasteiger partial charge in [0.05, 0.1) is 0 Å². The lowest BCUT2D eigenvalue weighted by Crippen LogP contribution is -2.43. The van der Waals surface area contributed by atoms with E-state index >= 15 is 0 Å². The van der Waals surface area contributed by atoms with Gasteiger partial charge in [-0.15, -0.1) is 0 Å². The molecule has 118 valence electrons. The molecule has 1 fully saturated rings. The molecule has 9 nitrogen and oxygen atoms in total. The molecule has 0 spiro atoms. The van der Waals surface area contributed by atoms with Gasteiger partial charge in [-0.3, -0.25) is 4.79 Å². The Morgan fingerprint density at radius 2 is 2.19 bits per heavy atom. The van der Waals surface area contributed by atoms with Crippen LogP contribution in [0.3, 0.4) is 0 Å². The molecular weight excluding hydrogens is 298 g/mol. The second-order valence-electron chi connectivity index (χ2n) is 5.21. The van der Waals surface area contributed by atoms with Gasteiger partial charge in [-0.05, 0) is 12.8 Å². The SMILES string of the molecule is CS(=O)(=O)c1c(N2CCCC(N)C2)nn(CC(=O)O)c1N. The molecule has 1 aromatic rings. The minimum absolute atomic E-state index is 0.0722. The van der Waals surface area contributed by atoms with Crippen LogP contribution in [0.5, 0.6) is 0 Å². The Kier molecular flexibility index (Phi) is 4.10. The molecule has 2 heterocycles. The van der Waals surface area contributed by atoms with Gasteiger partial charge in [-0.2, -0.15) is 5.10 Å². The van der Waals surface area contributed by atoms with Gasteiger partial charge in [0.25, 0.3) is 0 Å². The van der Waals surface area contributed by atoms with Crippen molar-refractivity contribution in [3.05, 3.63) is 0 Å². The quantitative estimate of drug-likeness (QED) is 0.633. The summed E-state index contributed by atoms with van der Waals surface area (Å²) in [5.74, 6) is -1.12. The van der Waals surface area contributed by atoms with Crippen LogP contribution >= 0.6 is 0 Å². The lowest BCUT2D eigenvalue weighted by molar-refractivity contribution is -0.137. The molecule has 0 aliphatic carbocycles. The first-order valence-electron chi connectivity index (χ1n) is 6.48. The Morgan fingerprint density at radius 1 is 1.52 bits per heavy atom. The molecule has 5 N–H and O–H groups in total. The van der Waals surface area contributed by atoms with Crippen molar-refractivity contribution < 1.29 is 18.3 Å². The molecule has 0 bridgehead atoms. The van der Waals surface area contributed by atoms with E-state index in [0.29, 0.717) is 13.1 Å². The third-order valence-electron chi connectivity index (χ3n) is 3.34. The number of hydrogen-bond acceptors (Lipinski definition) is 7.